The highest BCUT2D eigenvalue weighted by Gasteiger charge is 2.43. The number of ether oxygens (including phenoxy) is 1. The number of carbonyl (C=O) groups excluding carboxylic acids is 1. The number of aromatic nitrogens is 1. The van der Waals surface area contributed by atoms with Crippen LogP contribution in [0.4, 0.5) is 0 Å². The first-order valence-electron chi connectivity index (χ1n) is 8.71. The molecule has 1 aromatic carbocycles. The minimum Gasteiger partial charge on any atom is -0.490 e. The first-order valence-corrected chi connectivity index (χ1v) is 8.71. The van der Waals surface area contributed by atoms with E-state index in [1.54, 1.807) is 12.4 Å². The van der Waals surface area contributed by atoms with E-state index < -0.39 is 0 Å². The molecule has 0 N–H and O–H groups in total. The molecule has 2 unspecified atom stereocenters. The van der Waals surface area contributed by atoms with Crippen LogP contribution in [0.25, 0.3) is 0 Å². The molecular formula is C20H22N2O2. The first-order chi connectivity index (χ1) is 11.8. The van der Waals surface area contributed by atoms with E-state index >= 15 is 0 Å². The average Bonchev–Trinajstić information content (AvgIpc) is 2.88. The van der Waals surface area contributed by atoms with E-state index in [2.05, 4.69) is 9.88 Å². The maximum Gasteiger partial charge on any atom is 0.227 e. The maximum absolute atomic E-state index is 12.8. The van der Waals surface area contributed by atoms with Gasteiger partial charge in [0.1, 0.15) is 11.9 Å². The second-order valence-corrected chi connectivity index (χ2v) is 6.75. The lowest BCUT2D eigenvalue weighted by Gasteiger charge is -2.39. The number of amides is 1. The van der Waals surface area contributed by atoms with Gasteiger partial charge >= 0.3 is 0 Å². The number of pyridine rings is 1. The van der Waals surface area contributed by atoms with Crippen LogP contribution in [0.2, 0.25) is 0 Å². The van der Waals surface area contributed by atoms with Gasteiger partial charge in [0, 0.05) is 37.3 Å². The quantitative estimate of drug-likeness (QED) is 0.868. The lowest BCUT2D eigenvalue weighted by atomic mass is 9.98. The molecule has 4 rings (SSSR count). The molecule has 124 valence electrons. The van der Waals surface area contributed by atoms with Crippen molar-refractivity contribution in [3.8, 4) is 5.75 Å². The number of hydrogen-bond donors (Lipinski definition) is 0. The fraction of sp³-hybridized carbons (Fsp3) is 0.400. The largest absolute Gasteiger partial charge is 0.490 e. The zero-order valence-electron chi connectivity index (χ0n) is 13.7. The molecular weight excluding hydrogens is 300 g/mol. The zero-order valence-corrected chi connectivity index (χ0v) is 13.7. The van der Waals surface area contributed by atoms with E-state index in [0.717, 1.165) is 37.0 Å². The summed E-state index contributed by atoms with van der Waals surface area (Å²) >= 11 is 0. The number of piperidine rings is 1. The van der Waals surface area contributed by atoms with Crippen LogP contribution in [0.3, 0.4) is 0 Å². The highest BCUT2D eigenvalue weighted by molar-refractivity contribution is 5.79. The number of hydrogen-bond acceptors (Lipinski definition) is 3. The molecule has 3 heterocycles. The SMILES string of the molecule is O=C(Cc1cccnc1)N1C2CCC1CC(Oc1ccccc1)C2. The highest BCUT2D eigenvalue weighted by Crippen LogP contribution is 2.37. The Labute approximate surface area is 142 Å². The van der Waals surface area contributed by atoms with Crippen LogP contribution in [0.1, 0.15) is 31.2 Å². The maximum atomic E-state index is 12.8. The third-order valence-electron chi connectivity index (χ3n) is 5.10. The van der Waals surface area contributed by atoms with Crippen molar-refractivity contribution < 1.29 is 9.53 Å². The molecule has 0 saturated carbocycles. The second kappa shape index (κ2) is 6.63. The molecule has 24 heavy (non-hydrogen) atoms. The van der Waals surface area contributed by atoms with Crippen molar-refractivity contribution in [2.75, 3.05) is 0 Å². The molecule has 0 radical (unpaired) electrons. The molecule has 0 spiro atoms. The van der Waals surface area contributed by atoms with E-state index in [-0.39, 0.29) is 12.0 Å². The molecule has 0 aliphatic carbocycles. The van der Waals surface area contributed by atoms with Crippen LogP contribution in [0.15, 0.2) is 54.9 Å². The van der Waals surface area contributed by atoms with Crippen LogP contribution in [-0.2, 0) is 11.2 Å². The Morgan fingerprint density at radius 3 is 2.50 bits per heavy atom. The van der Waals surface area contributed by atoms with Crippen molar-refractivity contribution in [1.29, 1.82) is 0 Å². The van der Waals surface area contributed by atoms with E-state index in [9.17, 15) is 4.79 Å². The summed E-state index contributed by atoms with van der Waals surface area (Å²) in [6, 6.07) is 14.5. The number of para-hydroxylation sites is 1. The van der Waals surface area contributed by atoms with Gasteiger partial charge in [0.15, 0.2) is 0 Å². The minimum absolute atomic E-state index is 0.215. The predicted molar refractivity (Wildman–Crippen MR) is 91.7 cm³/mol. The summed E-state index contributed by atoms with van der Waals surface area (Å²) in [5.41, 5.74) is 0.990. The van der Waals surface area contributed by atoms with E-state index in [0.29, 0.717) is 18.5 Å². The fourth-order valence-electron chi connectivity index (χ4n) is 4.09. The molecule has 2 aromatic rings. The lowest BCUT2D eigenvalue weighted by Crippen LogP contribution is -2.49. The Morgan fingerprint density at radius 1 is 1.08 bits per heavy atom. The fourth-order valence-corrected chi connectivity index (χ4v) is 4.09. The molecule has 2 saturated heterocycles. The minimum atomic E-state index is 0.215. The van der Waals surface area contributed by atoms with Crippen molar-refractivity contribution >= 4 is 5.91 Å². The van der Waals surface area contributed by atoms with Crippen LogP contribution in [-0.4, -0.2) is 34.0 Å². The molecule has 1 aromatic heterocycles. The number of rotatable bonds is 4. The Balaban J connectivity index is 1.40. The second-order valence-electron chi connectivity index (χ2n) is 6.75. The number of carbonyl (C=O) groups is 1. The van der Waals surface area contributed by atoms with Crippen LogP contribution < -0.4 is 4.74 Å². The van der Waals surface area contributed by atoms with Gasteiger partial charge in [0.25, 0.3) is 0 Å². The molecule has 1 amide bonds. The van der Waals surface area contributed by atoms with Gasteiger partial charge in [-0.25, -0.2) is 0 Å². The van der Waals surface area contributed by atoms with Gasteiger partial charge in [0.2, 0.25) is 5.91 Å². The topological polar surface area (TPSA) is 42.4 Å². The van der Waals surface area contributed by atoms with Crippen LogP contribution in [0, 0.1) is 0 Å². The lowest BCUT2D eigenvalue weighted by molar-refractivity contribution is -0.136. The summed E-state index contributed by atoms with van der Waals surface area (Å²) in [6.45, 7) is 0. The number of benzene rings is 1. The van der Waals surface area contributed by atoms with Gasteiger partial charge in [0.05, 0.1) is 6.42 Å². The summed E-state index contributed by atoms with van der Waals surface area (Å²) in [6.07, 6.45) is 8.25. The van der Waals surface area contributed by atoms with Crippen LogP contribution in [0.5, 0.6) is 5.75 Å². The van der Waals surface area contributed by atoms with Crippen molar-refractivity contribution in [1.82, 2.24) is 9.88 Å². The van der Waals surface area contributed by atoms with Gasteiger partial charge in [-0.1, -0.05) is 24.3 Å². The predicted octanol–water partition coefficient (Wildman–Crippen LogP) is 3.23. The van der Waals surface area contributed by atoms with Crippen molar-refractivity contribution in [2.24, 2.45) is 0 Å². The number of nitrogens with zero attached hydrogens (tertiary/aromatic N) is 2. The normalized spacial score (nSPS) is 25.5. The van der Waals surface area contributed by atoms with Crippen molar-refractivity contribution in [3.05, 3.63) is 60.4 Å². The van der Waals surface area contributed by atoms with Gasteiger partial charge in [-0.15, -0.1) is 0 Å². The summed E-state index contributed by atoms with van der Waals surface area (Å²) in [4.78, 5) is 19.0. The summed E-state index contributed by atoms with van der Waals surface area (Å²) in [7, 11) is 0. The Hall–Kier alpha value is -2.36. The van der Waals surface area contributed by atoms with E-state index in [1.807, 2.05) is 42.5 Å². The molecule has 4 heteroatoms. The summed E-state index contributed by atoms with van der Waals surface area (Å²) < 4.78 is 6.13. The summed E-state index contributed by atoms with van der Waals surface area (Å²) in [5, 5.41) is 0. The average molecular weight is 322 g/mol. The van der Waals surface area contributed by atoms with Crippen molar-refractivity contribution in [2.45, 2.75) is 50.3 Å². The smallest absolute Gasteiger partial charge is 0.227 e. The number of fused-ring (bicyclic) bond motifs is 2. The van der Waals surface area contributed by atoms with Gasteiger partial charge in [-0.3, -0.25) is 9.78 Å². The third kappa shape index (κ3) is 3.14. The van der Waals surface area contributed by atoms with Gasteiger partial charge in [-0.2, -0.15) is 0 Å². The van der Waals surface area contributed by atoms with E-state index in [4.69, 9.17) is 4.74 Å². The molecule has 2 fully saturated rings. The molecule has 2 bridgehead atoms. The molecule has 2 aliphatic heterocycles. The summed E-state index contributed by atoms with van der Waals surface area (Å²) in [5.74, 6) is 1.16. The highest BCUT2D eigenvalue weighted by atomic mass is 16.5. The van der Waals surface area contributed by atoms with Crippen LogP contribution >= 0.6 is 0 Å². The standard InChI is InChI=1S/C20H22N2O2/c23-20(11-15-5-4-10-21-14-15)22-16-8-9-17(22)13-19(12-16)24-18-6-2-1-3-7-18/h1-7,10,14,16-17,19H,8-9,11-13H2. The van der Waals surface area contributed by atoms with Gasteiger partial charge < -0.3 is 9.64 Å². The third-order valence-corrected chi connectivity index (χ3v) is 5.10. The Bertz CT molecular complexity index is 675. The molecule has 2 aliphatic rings. The molecule has 2 atom stereocenters. The first kappa shape index (κ1) is 15.2. The van der Waals surface area contributed by atoms with Gasteiger partial charge in [-0.05, 0) is 36.6 Å². The van der Waals surface area contributed by atoms with E-state index in [1.165, 1.54) is 0 Å². The Kier molecular flexibility index (Phi) is 4.20. The molecule has 4 nitrogen and oxygen atoms in total. The monoisotopic (exact) mass is 322 g/mol. The Morgan fingerprint density at radius 2 is 1.83 bits per heavy atom. The zero-order chi connectivity index (χ0) is 16.4. The van der Waals surface area contributed by atoms with Crippen molar-refractivity contribution in [3.63, 3.8) is 0 Å².